The van der Waals surface area contributed by atoms with Crippen molar-refractivity contribution in [2.45, 2.75) is 39.7 Å². The number of nitrogens with zero attached hydrogens (tertiary/aromatic N) is 1. The maximum Gasteiger partial charge on any atom is 0.204 e. The number of nitrogens with one attached hydrogen (secondary N) is 1. The second kappa shape index (κ2) is 8.08. The Hall–Kier alpha value is -1.41. The zero-order valence-electron chi connectivity index (χ0n) is 16.2. The van der Waals surface area contributed by atoms with Crippen LogP contribution in [0, 0.1) is 5.41 Å². The minimum absolute atomic E-state index is 0.0157. The van der Waals surface area contributed by atoms with E-state index in [1.54, 1.807) is 0 Å². The topological polar surface area (TPSA) is 32.3 Å². The molecule has 3 nitrogen and oxygen atoms in total. The summed E-state index contributed by atoms with van der Waals surface area (Å²) < 4.78 is 14.3. The van der Waals surface area contributed by atoms with Gasteiger partial charge in [0, 0.05) is 23.2 Å². The van der Waals surface area contributed by atoms with Crippen LogP contribution < -0.4 is 15.7 Å². The van der Waals surface area contributed by atoms with Crippen molar-refractivity contribution in [2.75, 3.05) is 19.6 Å². The molecular formula is C22H31N2OP. The van der Waals surface area contributed by atoms with E-state index in [0.29, 0.717) is 0 Å². The molecular weight excluding hydrogens is 339 g/mol. The Labute approximate surface area is 158 Å². The molecule has 2 aromatic carbocycles. The molecule has 1 atom stereocenters. The van der Waals surface area contributed by atoms with Crippen LogP contribution in [0.15, 0.2) is 60.7 Å². The van der Waals surface area contributed by atoms with E-state index >= 15 is 0 Å². The fourth-order valence-electron chi connectivity index (χ4n) is 3.53. The molecule has 0 amide bonds. The second-order valence-electron chi connectivity index (χ2n) is 8.34. The van der Waals surface area contributed by atoms with Gasteiger partial charge in [0.05, 0.1) is 0 Å². The minimum Gasteiger partial charge on any atom is -0.302 e. The van der Waals surface area contributed by atoms with Crippen molar-refractivity contribution in [1.82, 2.24) is 9.99 Å². The largest absolute Gasteiger partial charge is 0.302 e. The van der Waals surface area contributed by atoms with Gasteiger partial charge < -0.3 is 4.90 Å². The van der Waals surface area contributed by atoms with Gasteiger partial charge >= 0.3 is 0 Å². The molecule has 1 unspecified atom stereocenters. The maximum absolute atomic E-state index is 14.3. The van der Waals surface area contributed by atoms with Gasteiger partial charge in [0.25, 0.3) is 0 Å². The summed E-state index contributed by atoms with van der Waals surface area (Å²) in [5.74, 6) is 0. The molecule has 1 aliphatic rings. The molecule has 3 rings (SSSR count). The maximum atomic E-state index is 14.3. The number of benzene rings is 2. The molecule has 1 heterocycles. The summed E-state index contributed by atoms with van der Waals surface area (Å²) in [6.45, 7) is 9.95. The molecule has 1 N–H and O–H groups in total. The normalized spacial score (nSPS) is 17.3. The van der Waals surface area contributed by atoms with Crippen molar-refractivity contribution in [2.24, 2.45) is 5.41 Å². The quantitative estimate of drug-likeness (QED) is 0.780. The first-order chi connectivity index (χ1) is 12.4. The average molecular weight is 370 g/mol. The van der Waals surface area contributed by atoms with E-state index in [9.17, 15) is 4.57 Å². The summed E-state index contributed by atoms with van der Waals surface area (Å²) in [6.07, 6.45) is 2.54. The van der Waals surface area contributed by atoms with E-state index < -0.39 is 7.29 Å². The van der Waals surface area contributed by atoms with Crippen molar-refractivity contribution in [3.8, 4) is 0 Å². The first kappa shape index (κ1) is 19.4. The summed E-state index contributed by atoms with van der Waals surface area (Å²) in [5.41, 5.74) is 0.0157. The van der Waals surface area contributed by atoms with E-state index in [-0.39, 0.29) is 11.5 Å². The number of hydrogen-bond acceptors (Lipinski definition) is 2. The lowest BCUT2D eigenvalue weighted by molar-refractivity contribution is 0.214. The van der Waals surface area contributed by atoms with Gasteiger partial charge in [-0.3, -0.25) is 9.65 Å². The molecule has 140 valence electrons. The molecule has 0 saturated carbocycles. The zero-order chi connectivity index (χ0) is 18.6. The number of hydrogen-bond donors (Lipinski definition) is 1. The highest BCUT2D eigenvalue weighted by Crippen LogP contribution is 2.41. The van der Waals surface area contributed by atoms with Crippen LogP contribution in [0.3, 0.4) is 0 Å². The van der Waals surface area contributed by atoms with Gasteiger partial charge in [0.2, 0.25) is 7.29 Å². The third-order valence-electron chi connectivity index (χ3n) is 5.26. The van der Waals surface area contributed by atoms with Crippen LogP contribution in [0.4, 0.5) is 0 Å². The van der Waals surface area contributed by atoms with Gasteiger partial charge in [-0.25, -0.2) is 0 Å². The predicted molar refractivity (Wildman–Crippen MR) is 112 cm³/mol. The predicted octanol–water partition coefficient (Wildman–Crippen LogP) is 4.02. The molecule has 1 aliphatic heterocycles. The van der Waals surface area contributed by atoms with E-state index in [1.807, 2.05) is 60.7 Å². The Morgan fingerprint density at radius 1 is 0.923 bits per heavy atom. The van der Waals surface area contributed by atoms with Gasteiger partial charge in [0.15, 0.2) is 0 Å². The first-order valence-corrected chi connectivity index (χ1v) is 11.3. The number of rotatable bonds is 6. The zero-order valence-corrected chi connectivity index (χ0v) is 17.1. The Balaban J connectivity index is 1.96. The highest BCUT2D eigenvalue weighted by atomic mass is 31.2. The van der Waals surface area contributed by atoms with Crippen LogP contribution in [0.2, 0.25) is 0 Å². The van der Waals surface area contributed by atoms with Crippen LogP contribution in [0.5, 0.6) is 0 Å². The fraction of sp³-hybridized carbons (Fsp3) is 0.455. The lowest BCUT2D eigenvalue weighted by Crippen LogP contribution is -2.49. The highest BCUT2D eigenvalue weighted by Gasteiger charge is 2.36. The van der Waals surface area contributed by atoms with Crippen molar-refractivity contribution in [3.05, 3.63) is 60.7 Å². The number of likely N-dealkylation sites (tertiary alicyclic amines) is 1. The first-order valence-electron chi connectivity index (χ1n) is 9.61. The Kier molecular flexibility index (Phi) is 6.02. The smallest absolute Gasteiger partial charge is 0.204 e. The Morgan fingerprint density at radius 3 is 1.81 bits per heavy atom. The summed E-state index contributed by atoms with van der Waals surface area (Å²) >= 11 is 0. The van der Waals surface area contributed by atoms with Crippen molar-refractivity contribution >= 4 is 17.9 Å². The summed E-state index contributed by atoms with van der Waals surface area (Å²) in [5, 5.41) is 5.40. The van der Waals surface area contributed by atoms with Crippen LogP contribution in [-0.4, -0.2) is 30.6 Å². The van der Waals surface area contributed by atoms with Gasteiger partial charge in [-0.05, 0) is 55.6 Å². The van der Waals surface area contributed by atoms with Crippen LogP contribution in [0.25, 0.3) is 0 Å². The average Bonchev–Trinajstić information content (AvgIpc) is 3.15. The van der Waals surface area contributed by atoms with Crippen molar-refractivity contribution in [3.63, 3.8) is 0 Å². The van der Waals surface area contributed by atoms with Crippen molar-refractivity contribution in [1.29, 1.82) is 0 Å². The lowest BCUT2D eigenvalue weighted by atomic mass is 9.87. The summed E-state index contributed by atoms with van der Waals surface area (Å²) in [4.78, 5) is 2.50. The van der Waals surface area contributed by atoms with Gasteiger partial charge in [0.1, 0.15) is 0 Å². The van der Waals surface area contributed by atoms with Crippen LogP contribution in [0.1, 0.15) is 33.6 Å². The molecule has 2 aromatic rings. The van der Waals surface area contributed by atoms with Gasteiger partial charge in [-0.1, -0.05) is 57.2 Å². The molecule has 1 saturated heterocycles. The lowest BCUT2D eigenvalue weighted by Gasteiger charge is -2.37. The van der Waals surface area contributed by atoms with E-state index in [2.05, 4.69) is 30.8 Å². The second-order valence-corrected chi connectivity index (χ2v) is 10.8. The molecule has 0 bridgehead atoms. The minimum atomic E-state index is -2.91. The van der Waals surface area contributed by atoms with Crippen LogP contribution in [-0.2, 0) is 4.57 Å². The summed E-state index contributed by atoms with van der Waals surface area (Å²) in [6, 6.07) is 19.9. The van der Waals surface area contributed by atoms with Gasteiger partial charge in [-0.15, -0.1) is 0 Å². The standard InChI is InChI=1S/C22H31N2OP/c1-22(2,3)21(18-24-16-10-11-17-24)23-26(25,19-12-6-4-7-13-19)20-14-8-5-9-15-20/h4-9,12-15,21H,10-11,16-18H2,1-3H3,(H,23,25). The molecule has 0 aliphatic carbocycles. The Bertz CT molecular complexity index is 690. The molecule has 1 fully saturated rings. The summed E-state index contributed by atoms with van der Waals surface area (Å²) in [7, 11) is -2.91. The third-order valence-corrected chi connectivity index (χ3v) is 7.99. The van der Waals surface area contributed by atoms with E-state index in [0.717, 1.165) is 30.2 Å². The SMILES string of the molecule is CC(C)(C)C(CN1CCCC1)NP(=O)(c1ccccc1)c1ccccc1. The third kappa shape index (κ3) is 4.46. The molecule has 0 spiro atoms. The molecule has 0 aromatic heterocycles. The highest BCUT2D eigenvalue weighted by molar-refractivity contribution is 7.76. The monoisotopic (exact) mass is 370 g/mol. The fourth-order valence-corrected chi connectivity index (χ4v) is 6.21. The van der Waals surface area contributed by atoms with E-state index in [1.165, 1.54) is 12.8 Å². The van der Waals surface area contributed by atoms with Gasteiger partial charge in [-0.2, -0.15) is 0 Å². The van der Waals surface area contributed by atoms with Crippen molar-refractivity contribution < 1.29 is 4.57 Å². The molecule has 26 heavy (non-hydrogen) atoms. The molecule has 0 radical (unpaired) electrons. The van der Waals surface area contributed by atoms with Crippen LogP contribution >= 0.6 is 7.29 Å². The molecule has 4 heteroatoms. The Morgan fingerprint density at radius 2 is 1.38 bits per heavy atom. The van der Waals surface area contributed by atoms with E-state index in [4.69, 9.17) is 0 Å².